The second-order valence-electron chi connectivity index (χ2n) is 4.94. The molecule has 1 fully saturated rings. The van der Waals surface area contributed by atoms with E-state index in [1.807, 2.05) is 0 Å². The molecule has 112 valence electrons. The van der Waals surface area contributed by atoms with Crippen molar-refractivity contribution < 1.29 is 19.2 Å². The summed E-state index contributed by atoms with van der Waals surface area (Å²) in [6.45, 7) is -0.306. The maximum absolute atomic E-state index is 11.7. The summed E-state index contributed by atoms with van der Waals surface area (Å²) in [4.78, 5) is 32.7. The number of aldehydes is 1. The van der Waals surface area contributed by atoms with Crippen LogP contribution in [0.4, 0.5) is 5.69 Å². The fraction of sp³-hybridized carbons (Fsp3) is 0.429. The SMILES string of the molecule is O=Cc1ccc([N+](=O)[O-])c(OCC(=O)NC2CCCC2)c1. The average molecular weight is 292 g/mol. The van der Waals surface area contributed by atoms with Crippen molar-refractivity contribution >= 4 is 17.9 Å². The molecule has 21 heavy (non-hydrogen) atoms. The largest absolute Gasteiger partial charge is 0.477 e. The number of nitrogens with zero attached hydrogens (tertiary/aromatic N) is 1. The highest BCUT2D eigenvalue weighted by atomic mass is 16.6. The summed E-state index contributed by atoms with van der Waals surface area (Å²) in [7, 11) is 0. The Morgan fingerprint density at radius 1 is 1.43 bits per heavy atom. The summed E-state index contributed by atoms with van der Waals surface area (Å²) in [5.74, 6) is -0.390. The van der Waals surface area contributed by atoms with E-state index in [1.54, 1.807) is 0 Å². The minimum absolute atomic E-state index is 0.0776. The van der Waals surface area contributed by atoms with E-state index in [1.165, 1.54) is 18.2 Å². The third kappa shape index (κ3) is 4.01. The summed E-state index contributed by atoms with van der Waals surface area (Å²) >= 11 is 0. The van der Waals surface area contributed by atoms with Crippen molar-refractivity contribution in [2.24, 2.45) is 0 Å². The van der Waals surface area contributed by atoms with E-state index in [4.69, 9.17) is 4.74 Å². The summed E-state index contributed by atoms with van der Waals surface area (Å²) in [5, 5.41) is 13.7. The molecule has 0 atom stereocenters. The lowest BCUT2D eigenvalue weighted by Gasteiger charge is -2.12. The topological polar surface area (TPSA) is 98.5 Å². The molecule has 0 bridgehead atoms. The normalized spacial score (nSPS) is 14.7. The average Bonchev–Trinajstić information content (AvgIpc) is 2.97. The molecule has 0 aliphatic heterocycles. The fourth-order valence-corrected chi connectivity index (χ4v) is 2.35. The highest BCUT2D eigenvalue weighted by Crippen LogP contribution is 2.27. The van der Waals surface area contributed by atoms with Crippen LogP contribution in [0.2, 0.25) is 0 Å². The van der Waals surface area contributed by atoms with Gasteiger partial charge in [0.15, 0.2) is 12.4 Å². The second kappa shape index (κ2) is 6.83. The third-order valence-corrected chi connectivity index (χ3v) is 3.40. The Morgan fingerprint density at radius 2 is 2.14 bits per heavy atom. The molecule has 7 nitrogen and oxygen atoms in total. The van der Waals surface area contributed by atoms with Crippen molar-refractivity contribution in [2.45, 2.75) is 31.7 Å². The number of hydrogen-bond acceptors (Lipinski definition) is 5. The van der Waals surface area contributed by atoms with Crippen LogP contribution in [0.3, 0.4) is 0 Å². The zero-order valence-electron chi connectivity index (χ0n) is 11.4. The van der Waals surface area contributed by atoms with E-state index in [-0.39, 0.29) is 35.6 Å². The van der Waals surface area contributed by atoms with E-state index in [2.05, 4.69) is 5.32 Å². The zero-order chi connectivity index (χ0) is 15.2. The number of nitro groups is 1. The van der Waals surface area contributed by atoms with Gasteiger partial charge in [-0.15, -0.1) is 0 Å². The van der Waals surface area contributed by atoms with Gasteiger partial charge in [-0.2, -0.15) is 0 Å². The van der Waals surface area contributed by atoms with Crippen LogP contribution in [0, 0.1) is 10.1 Å². The zero-order valence-corrected chi connectivity index (χ0v) is 11.4. The van der Waals surface area contributed by atoms with Crippen molar-refractivity contribution in [1.29, 1.82) is 0 Å². The van der Waals surface area contributed by atoms with Crippen LogP contribution in [0.1, 0.15) is 36.0 Å². The number of nitrogens with one attached hydrogen (secondary N) is 1. The first-order chi connectivity index (χ1) is 10.1. The number of carbonyl (C=O) groups excluding carboxylic acids is 2. The predicted octanol–water partition coefficient (Wildman–Crippen LogP) is 1.84. The lowest BCUT2D eigenvalue weighted by atomic mass is 10.2. The van der Waals surface area contributed by atoms with Gasteiger partial charge in [0.2, 0.25) is 0 Å². The number of hydrogen-bond donors (Lipinski definition) is 1. The number of carbonyl (C=O) groups is 2. The van der Waals surface area contributed by atoms with Gasteiger partial charge in [0.1, 0.15) is 6.29 Å². The van der Waals surface area contributed by atoms with E-state index in [0.29, 0.717) is 6.29 Å². The third-order valence-electron chi connectivity index (χ3n) is 3.40. The number of ether oxygens (including phenoxy) is 1. The van der Waals surface area contributed by atoms with Crippen LogP contribution < -0.4 is 10.1 Å². The standard InChI is InChI=1S/C14H16N2O5/c17-8-10-5-6-12(16(19)20)13(7-10)21-9-14(18)15-11-3-1-2-4-11/h5-8,11H,1-4,9H2,(H,15,18). The molecule has 0 saturated heterocycles. The molecule has 0 unspecified atom stereocenters. The van der Waals surface area contributed by atoms with Crippen molar-refractivity contribution in [1.82, 2.24) is 5.32 Å². The second-order valence-corrected chi connectivity index (χ2v) is 4.94. The van der Waals surface area contributed by atoms with Gasteiger partial charge in [0.25, 0.3) is 5.91 Å². The van der Waals surface area contributed by atoms with Gasteiger partial charge in [-0.1, -0.05) is 12.8 Å². The van der Waals surface area contributed by atoms with E-state index < -0.39 is 4.92 Å². The fourth-order valence-electron chi connectivity index (χ4n) is 2.35. The summed E-state index contributed by atoms with van der Waals surface area (Å²) in [5.41, 5.74) is -0.0129. The molecule has 1 N–H and O–H groups in total. The predicted molar refractivity (Wildman–Crippen MR) is 74.4 cm³/mol. The molecule has 1 amide bonds. The Labute approximate surface area is 121 Å². The van der Waals surface area contributed by atoms with E-state index in [9.17, 15) is 19.7 Å². The van der Waals surface area contributed by atoms with Crippen LogP contribution >= 0.6 is 0 Å². The summed E-state index contributed by atoms with van der Waals surface area (Å²) < 4.78 is 5.20. The quantitative estimate of drug-likeness (QED) is 0.490. The summed E-state index contributed by atoms with van der Waals surface area (Å²) in [6.07, 6.45) is 4.66. The lowest BCUT2D eigenvalue weighted by Crippen LogP contribution is -2.36. The first-order valence-electron chi connectivity index (χ1n) is 6.76. The highest BCUT2D eigenvalue weighted by molar-refractivity contribution is 5.79. The van der Waals surface area contributed by atoms with Crippen molar-refractivity contribution in [3.8, 4) is 5.75 Å². The molecule has 7 heteroatoms. The van der Waals surface area contributed by atoms with E-state index >= 15 is 0 Å². The van der Waals surface area contributed by atoms with Gasteiger partial charge in [-0.25, -0.2) is 0 Å². The lowest BCUT2D eigenvalue weighted by molar-refractivity contribution is -0.385. The molecule has 1 aromatic rings. The highest BCUT2D eigenvalue weighted by Gasteiger charge is 2.19. The van der Waals surface area contributed by atoms with Crippen molar-refractivity contribution in [2.75, 3.05) is 6.61 Å². The minimum Gasteiger partial charge on any atom is -0.477 e. The molecule has 1 aromatic carbocycles. The Kier molecular flexibility index (Phi) is 4.86. The molecule has 1 aliphatic carbocycles. The molecule has 0 spiro atoms. The van der Waals surface area contributed by atoms with Gasteiger partial charge in [0, 0.05) is 17.7 Å². The molecule has 1 saturated carbocycles. The number of rotatable bonds is 6. The van der Waals surface area contributed by atoms with E-state index in [0.717, 1.165) is 25.7 Å². The van der Waals surface area contributed by atoms with Gasteiger partial charge >= 0.3 is 5.69 Å². The Balaban J connectivity index is 1.99. The van der Waals surface area contributed by atoms with Crippen LogP contribution in [-0.4, -0.2) is 29.8 Å². The van der Waals surface area contributed by atoms with Crippen LogP contribution in [0.5, 0.6) is 5.75 Å². The molecular weight excluding hydrogens is 276 g/mol. The molecule has 1 aliphatic rings. The van der Waals surface area contributed by atoms with Crippen LogP contribution in [0.25, 0.3) is 0 Å². The van der Waals surface area contributed by atoms with Gasteiger partial charge in [-0.05, 0) is 25.0 Å². The maximum Gasteiger partial charge on any atom is 0.310 e. The Hall–Kier alpha value is -2.44. The molecular formula is C14H16N2O5. The number of amides is 1. The molecule has 0 aromatic heterocycles. The Morgan fingerprint density at radius 3 is 2.76 bits per heavy atom. The van der Waals surface area contributed by atoms with Gasteiger partial charge < -0.3 is 10.1 Å². The summed E-state index contributed by atoms with van der Waals surface area (Å²) in [6, 6.07) is 3.94. The van der Waals surface area contributed by atoms with Crippen molar-refractivity contribution in [3.63, 3.8) is 0 Å². The smallest absolute Gasteiger partial charge is 0.310 e. The first-order valence-corrected chi connectivity index (χ1v) is 6.76. The maximum atomic E-state index is 11.7. The first kappa shape index (κ1) is 15.0. The number of nitro benzene ring substituents is 1. The number of benzene rings is 1. The monoisotopic (exact) mass is 292 g/mol. The van der Waals surface area contributed by atoms with Gasteiger partial charge in [-0.3, -0.25) is 19.7 Å². The molecule has 0 radical (unpaired) electrons. The van der Waals surface area contributed by atoms with Crippen molar-refractivity contribution in [3.05, 3.63) is 33.9 Å². The van der Waals surface area contributed by atoms with Crippen LogP contribution in [0.15, 0.2) is 18.2 Å². The molecule has 2 rings (SSSR count). The minimum atomic E-state index is -0.612. The molecule has 0 heterocycles. The Bertz CT molecular complexity index is 552. The van der Waals surface area contributed by atoms with Gasteiger partial charge in [0.05, 0.1) is 4.92 Å². The van der Waals surface area contributed by atoms with Crippen LogP contribution in [-0.2, 0) is 4.79 Å².